The van der Waals surface area contributed by atoms with Crippen molar-refractivity contribution in [1.82, 2.24) is 19.3 Å². The van der Waals surface area contributed by atoms with E-state index in [-0.39, 0.29) is 23.7 Å². The van der Waals surface area contributed by atoms with Crippen molar-refractivity contribution >= 4 is 21.4 Å². The molecule has 0 N–H and O–H groups in total. The van der Waals surface area contributed by atoms with Crippen LogP contribution in [0.2, 0.25) is 0 Å². The monoisotopic (exact) mass is 494 g/mol. The predicted molar refractivity (Wildman–Crippen MR) is 123 cm³/mol. The van der Waals surface area contributed by atoms with Gasteiger partial charge in [0.1, 0.15) is 5.69 Å². The lowest BCUT2D eigenvalue weighted by molar-refractivity contribution is -0.384. The molecule has 186 valence electrons. The average molecular weight is 495 g/mol. The Morgan fingerprint density at radius 1 is 1.12 bits per heavy atom. The van der Waals surface area contributed by atoms with Gasteiger partial charge in [0.15, 0.2) is 5.82 Å². The summed E-state index contributed by atoms with van der Waals surface area (Å²) in [5.74, 6) is 1.70. The number of hydrogen-bond acceptors (Lipinski definition) is 10. The van der Waals surface area contributed by atoms with E-state index in [2.05, 4.69) is 28.9 Å². The summed E-state index contributed by atoms with van der Waals surface area (Å²) in [5, 5.41) is 15.9. The number of rotatable bonds is 8. The van der Waals surface area contributed by atoms with Gasteiger partial charge in [-0.15, -0.1) is 0 Å². The smallest absolute Gasteiger partial charge is 0.293 e. The summed E-state index contributed by atoms with van der Waals surface area (Å²) in [5.41, 5.74) is 0.212. The predicted octanol–water partition coefficient (Wildman–Crippen LogP) is 1.52. The summed E-state index contributed by atoms with van der Waals surface area (Å²) in [7, 11) is -3.82. The highest BCUT2D eigenvalue weighted by Gasteiger charge is 2.31. The van der Waals surface area contributed by atoms with E-state index in [4.69, 9.17) is 9.26 Å². The first-order valence-corrected chi connectivity index (χ1v) is 12.8. The second-order valence-electron chi connectivity index (χ2n) is 8.89. The molecular weight excluding hydrogens is 464 g/mol. The number of benzene rings is 1. The number of hydrogen-bond donors (Lipinski definition) is 0. The third kappa shape index (κ3) is 5.54. The lowest BCUT2D eigenvalue weighted by Gasteiger charge is -2.35. The molecule has 2 fully saturated rings. The zero-order chi connectivity index (χ0) is 24.3. The highest BCUT2D eigenvalue weighted by atomic mass is 32.2. The van der Waals surface area contributed by atoms with Gasteiger partial charge in [0, 0.05) is 51.8 Å². The molecule has 12 nitrogen and oxygen atoms in total. The third-order valence-electron chi connectivity index (χ3n) is 5.92. The molecule has 4 rings (SSSR count). The zero-order valence-corrected chi connectivity index (χ0v) is 20.2. The van der Waals surface area contributed by atoms with Gasteiger partial charge < -0.3 is 14.2 Å². The maximum absolute atomic E-state index is 12.9. The van der Waals surface area contributed by atoms with Crippen LogP contribution in [0.15, 0.2) is 27.6 Å². The highest BCUT2D eigenvalue weighted by molar-refractivity contribution is 7.89. The van der Waals surface area contributed by atoms with Crippen LogP contribution in [0, 0.1) is 16.0 Å². The Kier molecular flexibility index (Phi) is 7.45. The van der Waals surface area contributed by atoms with Crippen LogP contribution in [0.1, 0.15) is 25.6 Å². The Balaban J connectivity index is 1.43. The quantitative estimate of drug-likeness (QED) is 0.392. The van der Waals surface area contributed by atoms with Crippen molar-refractivity contribution < 1.29 is 22.6 Å². The fourth-order valence-electron chi connectivity index (χ4n) is 4.15. The summed E-state index contributed by atoms with van der Waals surface area (Å²) >= 11 is 0. The summed E-state index contributed by atoms with van der Waals surface area (Å²) in [6.45, 7) is 8.28. The van der Waals surface area contributed by atoms with E-state index in [0.29, 0.717) is 69.3 Å². The molecule has 2 aliphatic rings. The first-order chi connectivity index (χ1) is 16.2. The van der Waals surface area contributed by atoms with Gasteiger partial charge in [-0.3, -0.25) is 15.0 Å². The van der Waals surface area contributed by atoms with E-state index in [1.54, 1.807) is 6.07 Å². The Hall–Kier alpha value is -2.61. The topological polar surface area (TPSA) is 135 Å². The Morgan fingerprint density at radius 2 is 1.82 bits per heavy atom. The Bertz CT molecular complexity index is 1110. The van der Waals surface area contributed by atoms with Crippen molar-refractivity contribution in [3.8, 4) is 0 Å². The average Bonchev–Trinajstić information content (AvgIpc) is 3.25. The van der Waals surface area contributed by atoms with Gasteiger partial charge in [-0.05, 0) is 18.1 Å². The minimum absolute atomic E-state index is 0.0715. The van der Waals surface area contributed by atoms with Gasteiger partial charge >= 0.3 is 0 Å². The second kappa shape index (κ2) is 10.3. The van der Waals surface area contributed by atoms with Crippen molar-refractivity contribution in [3.05, 3.63) is 40.0 Å². The SMILES string of the molecule is CC(C)Cc1nc(CN2CCN(c3ccc(S(=O)(=O)N4CCOCC4)cc3[N+](=O)[O-])CC2)no1. The number of anilines is 1. The fraction of sp³-hybridized carbons (Fsp3) is 0.619. The number of morpholine rings is 1. The highest BCUT2D eigenvalue weighted by Crippen LogP contribution is 2.32. The molecule has 1 aromatic carbocycles. The maximum Gasteiger partial charge on any atom is 0.293 e. The van der Waals surface area contributed by atoms with E-state index in [1.807, 2.05) is 4.90 Å². The van der Waals surface area contributed by atoms with Crippen molar-refractivity contribution in [2.75, 3.05) is 57.4 Å². The lowest BCUT2D eigenvalue weighted by atomic mass is 10.1. The van der Waals surface area contributed by atoms with Crippen LogP contribution in [-0.2, 0) is 27.7 Å². The molecule has 0 bridgehead atoms. The molecule has 2 aromatic rings. The summed E-state index contributed by atoms with van der Waals surface area (Å²) < 4.78 is 37.7. The molecule has 0 saturated carbocycles. The number of piperazine rings is 1. The number of sulfonamides is 1. The van der Waals surface area contributed by atoms with E-state index >= 15 is 0 Å². The number of aromatic nitrogens is 2. The first-order valence-electron chi connectivity index (χ1n) is 11.4. The van der Waals surface area contributed by atoms with E-state index in [1.165, 1.54) is 16.4 Å². The van der Waals surface area contributed by atoms with Crippen LogP contribution >= 0.6 is 0 Å². The van der Waals surface area contributed by atoms with Gasteiger partial charge in [-0.1, -0.05) is 19.0 Å². The minimum atomic E-state index is -3.82. The van der Waals surface area contributed by atoms with Gasteiger partial charge in [0.05, 0.1) is 29.6 Å². The summed E-state index contributed by atoms with van der Waals surface area (Å²) in [6, 6.07) is 4.16. The minimum Gasteiger partial charge on any atom is -0.379 e. The normalized spacial score (nSPS) is 18.5. The number of nitrogens with zero attached hydrogens (tertiary/aromatic N) is 6. The van der Waals surface area contributed by atoms with Crippen LogP contribution in [0.25, 0.3) is 0 Å². The first kappa shape index (κ1) is 24.5. The molecule has 34 heavy (non-hydrogen) atoms. The zero-order valence-electron chi connectivity index (χ0n) is 19.4. The third-order valence-corrected chi connectivity index (χ3v) is 7.82. The van der Waals surface area contributed by atoms with Crippen LogP contribution in [-0.4, -0.2) is 85.2 Å². The number of nitro groups is 1. The molecule has 13 heteroatoms. The molecule has 3 heterocycles. The molecule has 2 aliphatic heterocycles. The molecular formula is C21H30N6O6S. The largest absolute Gasteiger partial charge is 0.379 e. The van der Waals surface area contributed by atoms with Crippen molar-refractivity contribution in [1.29, 1.82) is 0 Å². The van der Waals surface area contributed by atoms with Gasteiger partial charge in [0.25, 0.3) is 5.69 Å². The summed E-state index contributed by atoms with van der Waals surface area (Å²) in [4.78, 5) is 19.8. The Morgan fingerprint density at radius 3 is 2.47 bits per heavy atom. The number of ether oxygens (including phenoxy) is 1. The molecule has 0 aliphatic carbocycles. The molecule has 0 unspecified atom stereocenters. The number of nitro benzene ring substituents is 1. The second-order valence-corrected chi connectivity index (χ2v) is 10.8. The van der Waals surface area contributed by atoms with Crippen LogP contribution in [0.5, 0.6) is 0 Å². The van der Waals surface area contributed by atoms with Crippen LogP contribution < -0.4 is 4.90 Å². The standard InChI is InChI=1S/C21H30N6O6S/c1-16(2)13-21-22-20(23-33-21)15-24-5-7-25(8-6-24)18-4-3-17(14-19(18)27(28)29)34(30,31)26-9-11-32-12-10-26/h3-4,14,16H,5-13,15H2,1-2H3. The molecule has 0 atom stereocenters. The van der Waals surface area contributed by atoms with Crippen molar-refractivity contribution in [2.24, 2.45) is 5.92 Å². The fourth-order valence-corrected chi connectivity index (χ4v) is 5.58. The van der Waals surface area contributed by atoms with Crippen LogP contribution in [0.3, 0.4) is 0 Å². The molecule has 1 aromatic heterocycles. The van der Waals surface area contributed by atoms with E-state index in [9.17, 15) is 18.5 Å². The van der Waals surface area contributed by atoms with Crippen LogP contribution in [0.4, 0.5) is 11.4 Å². The van der Waals surface area contributed by atoms with Crippen molar-refractivity contribution in [3.63, 3.8) is 0 Å². The van der Waals surface area contributed by atoms with Crippen molar-refractivity contribution in [2.45, 2.75) is 31.7 Å². The van der Waals surface area contributed by atoms with E-state index < -0.39 is 14.9 Å². The van der Waals surface area contributed by atoms with Gasteiger partial charge in [-0.25, -0.2) is 8.42 Å². The molecule has 0 radical (unpaired) electrons. The molecule has 0 amide bonds. The van der Waals surface area contributed by atoms with Gasteiger partial charge in [-0.2, -0.15) is 9.29 Å². The Labute approximate surface area is 198 Å². The lowest BCUT2D eigenvalue weighted by Crippen LogP contribution is -2.46. The van der Waals surface area contributed by atoms with E-state index in [0.717, 1.165) is 6.42 Å². The molecule has 0 spiro atoms. The molecule has 2 saturated heterocycles. The maximum atomic E-state index is 12.9. The van der Waals surface area contributed by atoms with Gasteiger partial charge in [0.2, 0.25) is 15.9 Å². The summed E-state index contributed by atoms with van der Waals surface area (Å²) in [6.07, 6.45) is 0.738.